The quantitative estimate of drug-likeness (QED) is 0.401. The molecule has 0 saturated carbocycles. The number of nitro groups is 3. The van der Waals surface area contributed by atoms with Crippen molar-refractivity contribution in [3.05, 3.63) is 66.3 Å². The maximum absolute atomic E-state index is 10.4. The van der Waals surface area contributed by atoms with Crippen LogP contribution in [-0.4, -0.2) is 42.0 Å². The van der Waals surface area contributed by atoms with E-state index in [1.54, 1.807) is 19.2 Å². The lowest BCUT2D eigenvalue weighted by Gasteiger charge is -2.00. The van der Waals surface area contributed by atoms with Crippen LogP contribution in [0.4, 0.5) is 17.1 Å². The highest BCUT2D eigenvalue weighted by atomic mass is 16.6. The summed E-state index contributed by atoms with van der Waals surface area (Å²) in [5.74, 6) is -2.88. The molecule has 26 heavy (non-hydrogen) atoms. The average Bonchev–Trinajstić information content (AvgIpc) is 2.55. The Labute approximate surface area is 142 Å². The number of benzene rings is 1. The van der Waals surface area contributed by atoms with E-state index in [-0.39, 0.29) is 6.07 Å². The van der Waals surface area contributed by atoms with Gasteiger partial charge in [0.25, 0.3) is 11.5 Å². The fraction of sp³-hybridized carbons (Fsp3) is 0.0833. The molecule has 0 aliphatic heterocycles. The van der Waals surface area contributed by atoms with Crippen LogP contribution < -0.4 is 5.36 Å². The van der Waals surface area contributed by atoms with Crippen molar-refractivity contribution in [1.29, 1.82) is 0 Å². The summed E-state index contributed by atoms with van der Waals surface area (Å²) in [6.45, 7) is 0. The van der Waals surface area contributed by atoms with Crippen molar-refractivity contribution in [2.24, 2.45) is 4.99 Å². The normalized spacial score (nSPS) is 9.58. The summed E-state index contributed by atoms with van der Waals surface area (Å²) in [6, 6.07) is 3.68. The standard InChI is InChI=1S/C6H3N3O8.C6H8N2O/c10-5-2(7(12)13)1-3(8(14)15)6(11)4(5)9(16)17;1-7-6-2-4-8(9)5-3-6/h1,10-11H;2-5,9H,1H3. The summed E-state index contributed by atoms with van der Waals surface area (Å²) in [5, 5.41) is 59.1. The Morgan fingerprint density at radius 2 is 1.35 bits per heavy atom. The van der Waals surface area contributed by atoms with Crippen LogP contribution in [0.5, 0.6) is 11.5 Å². The fourth-order valence-electron chi connectivity index (χ4n) is 1.63. The molecule has 0 fully saturated rings. The third-order valence-corrected chi connectivity index (χ3v) is 2.84. The van der Waals surface area contributed by atoms with E-state index in [0.717, 1.165) is 10.1 Å². The van der Waals surface area contributed by atoms with Crippen LogP contribution in [0.3, 0.4) is 0 Å². The molecule has 14 heteroatoms. The van der Waals surface area contributed by atoms with Crippen molar-refractivity contribution in [3.63, 3.8) is 0 Å². The third-order valence-electron chi connectivity index (χ3n) is 2.84. The Morgan fingerprint density at radius 3 is 1.65 bits per heavy atom. The molecule has 0 radical (unpaired) electrons. The number of nitro benzene ring substituents is 3. The molecule has 1 aromatic heterocycles. The van der Waals surface area contributed by atoms with Gasteiger partial charge < -0.3 is 15.4 Å². The van der Waals surface area contributed by atoms with E-state index in [2.05, 4.69) is 4.99 Å². The molecule has 0 bridgehead atoms. The smallest absolute Gasteiger partial charge is 0.366 e. The van der Waals surface area contributed by atoms with E-state index in [4.69, 9.17) is 15.4 Å². The Balaban J connectivity index is 0.000000314. The molecule has 0 aliphatic rings. The summed E-state index contributed by atoms with van der Waals surface area (Å²) in [6.07, 6.45) is 3.06. The highest BCUT2D eigenvalue weighted by Crippen LogP contribution is 2.47. The predicted molar refractivity (Wildman–Crippen MR) is 82.8 cm³/mol. The number of aromatic nitrogens is 1. The third kappa shape index (κ3) is 4.40. The summed E-state index contributed by atoms with van der Waals surface area (Å²) >= 11 is 0. The Bertz CT molecular complexity index is 879. The molecular formula is C12H11N5O9. The van der Waals surface area contributed by atoms with Gasteiger partial charge in [-0.15, -0.1) is 0 Å². The highest BCUT2D eigenvalue weighted by Gasteiger charge is 2.36. The molecule has 0 unspecified atom stereocenters. The number of pyridine rings is 1. The lowest BCUT2D eigenvalue weighted by atomic mass is 10.2. The molecule has 2 rings (SSSR count). The van der Waals surface area contributed by atoms with Crippen molar-refractivity contribution in [2.45, 2.75) is 0 Å². The molecule has 1 aromatic carbocycles. The van der Waals surface area contributed by atoms with Gasteiger partial charge in [0.1, 0.15) is 6.07 Å². The number of rotatable bonds is 3. The summed E-state index contributed by atoms with van der Waals surface area (Å²) in [7, 11) is 1.71. The summed E-state index contributed by atoms with van der Waals surface area (Å²) < 4.78 is 0.981. The van der Waals surface area contributed by atoms with E-state index in [1.165, 1.54) is 12.4 Å². The van der Waals surface area contributed by atoms with Gasteiger partial charge >= 0.3 is 17.1 Å². The average molecular weight is 369 g/mol. The van der Waals surface area contributed by atoms with Crippen LogP contribution in [0, 0.1) is 30.3 Å². The zero-order chi connectivity index (χ0) is 20.0. The van der Waals surface area contributed by atoms with Crippen LogP contribution in [0.2, 0.25) is 0 Å². The lowest BCUT2D eigenvalue weighted by Crippen LogP contribution is -2.01. The Hall–Kier alpha value is -4.23. The molecule has 0 saturated heterocycles. The van der Waals surface area contributed by atoms with Crippen molar-refractivity contribution < 1.29 is 30.2 Å². The molecule has 2 aromatic rings. The molecule has 0 spiro atoms. The van der Waals surface area contributed by atoms with Gasteiger partial charge in [-0.1, -0.05) is 0 Å². The van der Waals surface area contributed by atoms with Gasteiger partial charge in [-0.05, 0) is 12.1 Å². The van der Waals surface area contributed by atoms with Gasteiger partial charge in [-0.3, -0.25) is 35.3 Å². The number of nitrogens with zero attached hydrogens (tertiary/aromatic N) is 5. The van der Waals surface area contributed by atoms with Crippen molar-refractivity contribution >= 4 is 17.1 Å². The zero-order valence-electron chi connectivity index (χ0n) is 12.9. The first-order valence-electron chi connectivity index (χ1n) is 6.42. The number of hydrogen-bond acceptors (Lipinski definition) is 10. The van der Waals surface area contributed by atoms with E-state index in [0.29, 0.717) is 0 Å². The molecule has 0 amide bonds. The molecule has 14 nitrogen and oxygen atoms in total. The molecular weight excluding hydrogens is 358 g/mol. The maximum atomic E-state index is 10.4. The molecule has 1 heterocycles. The van der Waals surface area contributed by atoms with Crippen molar-refractivity contribution in [3.8, 4) is 11.5 Å². The van der Waals surface area contributed by atoms with E-state index in [1.807, 2.05) is 0 Å². The number of phenols is 2. The SMILES string of the molecule is CN=c1ccn(O)cc1.O=[N+]([O-])c1cc([N+](=O)[O-])c(O)c([N+](=O)[O-])c1O. The minimum Gasteiger partial charge on any atom is -0.497 e. The fourth-order valence-corrected chi connectivity index (χ4v) is 1.63. The maximum Gasteiger partial charge on any atom is 0.366 e. The van der Waals surface area contributed by atoms with Crippen LogP contribution >= 0.6 is 0 Å². The first-order chi connectivity index (χ1) is 12.1. The van der Waals surface area contributed by atoms with Gasteiger partial charge in [0, 0.05) is 19.4 Å². The zero-order valence-corrected chi connectivity index (χ0v) is 12.9. The highest BCUT2D eigenvalue weighted by molar-refractivity contribution is 5.73. The van der Waals surface area contributed by atoms with Gasteiger partial charge in [-0.25, -0.2) is 4.73 Å². The number of phenolic OH excluding ortho intramolecular Hbond substituents is 2. The Kier molecular flexibility index (Phi) is 6.13. The van der Waals surface area contributed by atoms with E-state index in [9.17, 15) is 30.3 Å². The van der Waals surface area contributed by atoms with Crippen molar-refractivity contribution in [1.82, 2.24) is 4.73 Å². The van der Waals surface area contributed by atoms with Crippen LogP contribution in [-0.2, 0) is 0 Å². The summed E-state index contributed by atoms with van der Waals surface area (Å²) in [4.78, 5) is 31.3. The van der Waals surface area contributed by atoms with Gasteiger partial charge in [0.05, 0.1) is 20.1 Å². The van der Waals surface area contributed by atoms with E-state index < -0.39 is 43.3 Å². The number of hydrogen-bond donors (Lipinski definition) is 3. The Morgan fingerprint density at radius 1 is 0.923 bits per heavy atom. The van der Waals surface area contributed by atoms with Crippen LogP contribution in [0.25, 0.3) is 0 Å². The molecule has 0 aliphatic carbocycles. The first-order valence-corrected chi connectivity index (χ1v) is 6.42. The van der Waals surface area contributed by atoms with Gasteiger partial charge in [-0.2, -0.15) is 0 Å². The second-order valence-electron chi connectivity index (χ2n) is 4.39. The molecule has 138 valence electrons. The van der Waals surface area contributed by atoms with Crippen LogP contribution in [0.15, 0.2) is 35.6 Å². The monoisotopic (exact) mass is 369 g/mol. The minimum absolute atomic E-state index is 0.234. The second kappa shape index (κ2) is 8.04. The second-order valence-corrected chi connectivity index (χ2v) is 4.39. The molecule has 3 N–H and O–H groups in total. The van der Waals surface area contributed by atoms with Crippen molar-refractivity contribution in [2.75, 3.05) is 7.05 Å². The van der Waals surface area contributed by atoms with Gasteiger partial charge in [0.15, 0.2) is 0 Å². The lowest BCUT2D eigenvalue weighted by molar-refractivity contribution is -0.405. The topological polar surface area (TPSA) is 207 Å². The van der Waals surface area contributed by atoms with E-state index >= 15 is 0 Å². The molecule has 0 atom stereocenters. The van der Waals surface area contributed by atoms with Crippen LogP contribution in [0.1, 0.15) is 0 Å². The predicted octanol–water partition coefficient (Wildman–Crippen LogP) is 1.08. The minimum atomic E-state index is -1.48. The largest absolute Gasteiger partial charge is 0.497 e. The first kappa shape index (κ1) is 19.8. The number of aromatic hydroxyl groups is 2. The van der Waals surface area contributed by atoms with Gasteiger partial charge in [0.2, 0.25) is 0 Å². The summed E-state index contributed by atoms with van der Waals surface area (Å²) in [5.41, 5.74) is -3.95.